The molecule has 0 aliphatic carbocycles. The number of nitrogens with two attached hydrogens (primary N) is 1. The lowest BCUT2D eigenvalue weighted by Crippen LogP contribution is -2.42. The molecule has 3 nitrogen and oxygen atoms in total. The molecule has 1 heterocycles. The Labute approximate surface area is 100 Å². The first-order chi connectivity index (χ1) is 7.81. The lowest BCUT2D eigenvalue weighted by Gasteiger charge is -2.26. The van der Waals surface area contributed by atoms with Gasteiger partial charge in [0.25, 0.3) is 0 Å². The van der Waals surface area contributed by atoms with E-state index < -0.39 is 0 Å². The van der Waals surface area contributed by atoms with Crippen LogP contribution in [0.25, 0.3) is 0 Å². The Morgan fingerprint density at radius 2 is 2.25 bits per heavy atom. The number of ether oxygens (including phenoxy) is 1. The van der Waals surface area contributed by atoms with Crippen LogP contribution < -0.4 is 11.3 Å². The first-order valence-corrected chi connectivity index (χ1v) is 6.85. The van der Waals surface area contributed by atoms with E-state index in [0.29, 0.717) is 12.0 Å². The molecular formula is C13H28N2O. The minimum Gasteiger partial charge on any atom is -0.381 e. The van der Waals surface area contributed by atoms with Gasteiger partial charge in [0.2, 0.25) is 0 Å². The van der Waals surface area contributed by atoms with E-state index in [4.69, 9.17) is 10.6 Å². The maximum Gasteiger partial charge on any atom is 0.0510 e. The Balaban J connectivity index is 2.33. The molecule has 1 aliphatic heterocycles. The summed E-state index contributed by atoms with van der Waals surface area (Å²) in [5, 5.41) is 0. The van der Waals surface area contributed by atoms with Gasteiger partial charge in [-0.25, -0.2) is 0 Å². The molecule has 0 aromatic rings. The van der Waals surface area contributed by atoms with Crippen LogP contribution in [-0.4, -0.2) is 19.3 Å². The van der Waals surface area contributed by atoms with Crippen molar-refractivity contribution in [1.82, 2.24) is 5.43 Å². The zero-order valence-electron chi connectivity index (χ0n) is 10.9. The van der Waals surface area contributed by atoms with Crippen LogP contribution in [0.4, 0.5) is 0 Å². The maximum absolute atomic E-state index is 5.68. The van der Waals surface area contributed by atoms with Gasteiger partial charge in [0.15, 0.2) is 0 Å². The first-order valence-electron chi connectivity index (χ1n) is 6.85. The predicted octanol–water partition coefficient (Wildman–Crippen LogP) is 2.46. The molecule has 3 heteroatoms. The number of nitrogens with one attached hydrogen (secondary N) is 1. The topological polar surface area (TPSA) is 47.3 Å². The molecule has 96 valence electrons. The molecule has 0 spiro atoms. The summed E-state index contributed by atoms with van der Waals surface area (Å²) in [5.74, 6) is 7.13. The van der Waals surface area contributed by atoms with Gasteiger partial charge in [-0.05, 0) is 18.8 Å². The van der Waals surface area contributed by atoms with Gasteiger partial charge in [0.05, 0.1) is 6.61 Å². The van der Waals surface area contributed by atoms with Gasteiger partial charge in [-0.1, -0.05) is 39.5 Å². The highest BCUT2D eigenvalue weighted by molar-refractivity contribution is 4.80. The van der Waals surface area contributed by atoms with E-state index in [1.54, 1.807) is 0 Å². The summed E-state index contributed by atoms with van der Waals surface area (Å²) in [6.45, 7) is 6.35. The molecule has 3 atom stereocenters. The fourth-order valence-electron chi connectivity index (χ4n) is 2.61. The molecular weight excluding hydrogens is 200 g/mol. The van der Waals surface area contributed by atoms with Crippen molar-refractivity contribution in [1.29, 1.82) is 0 Å². The number of hydrogen-bond acceptors (Lipinski definition) is 3. The Morgan fingerprint density at radius 1 is 1.44 bits per heavy atom. The largest absolute Gasteiger partial charge is 0.381 e. The van der Waals surface area contributed by atoms with Crippen molar-refractivity contribution in [3.8, 4) is 0 Å². The van der Waals surface area contributed by atoms with Gasteiger partial charge < -0.3 is 4.74 Å². The Bertz CT molecular complexity index is 169. The summed E-state index contributed by atoms with van der Waals surface area (Å²) in [6.07, 6.45) is 7.63. The lowest BCUT2D eigenvalue weighted by atomic mass is 9.86. The van der Waals surface area contributed by atoms with Gasteiger partial charge in [-0.15, -0.1) is 0 Å². The summed E-state index contributed by atoms with van der Waals surface area (Å²) < 4.78 is 5.44. The molecule has 1 saturated heterocycles. The monoisotopic (exact) mass is 228 g/mol. The minimum absolute atomic E-state index is 0.448. The fourth-order valence-corrected chi connectivity index (χ4v) is 2.61. The molecule has 1 rings (SSSR count). The van der Waals surface area contributed by atoms with E-state index in [-0.39, 0.29) is 0 Å². The lowest BCUT2D eigenvalue weighted by molar-refractivity contribution is 0.170. The van der Waals surface area contributed by atoms with E-state index in [1.165, 1.54) is 38.5 Å². The van der Waals surface area contributed by atoms with Crippen molar-refractivity contribution in [3.63, 3.8) is 0 Å². The molecule has 16 heavy (non-hydrogen) atoms. The van der Waals surface area contributed by atoms with Crippen LogP contribution in [0.3, 0.4) is 0 Å². The summed E-state index contributed by atoms with van der Waals surface area (Å²) in [4.78, 5) is 0. The van der Waals surface area contributed by atoms with Gasteiger partial charge in [-0.3, -0.25) is 11.3 Å². The average molecular weight is 228 g/mol. The Hall–Kier alpha value is -0.120. The summed E-state index contributed by atoms with van der Waals surface area (Å²) in [5.41, 5.74) is 3.01. The van der Waals surface area contributed by atoms with Gasteiger partial charge >= 0.3 is 0 Å². The van der Waals surface area contributed by atoms with Gasteiger partial charge in [0.1, 0.15) is 0 Å². The van der Waals surface area contributed by atoms with Crippen LogP contribution in [0.1, 0.15) is 52.4 Å². The van der Waals surface area contributed by atoms with E-state index in [9.17, 15) is 0 Å². The van der Waals surface area contributed by atoms with Crippen molar-refractivity contribution in [2.45, 2.75) is 58.4 Å². The normalized spacial score (nSPS) is 24.6. The summed E-state index contributed by atoms with van der Waals surface area (Å²) in [7, 11) is 0. The third-order valence-corrected chi connectivity index (χ3v) is 3.88. The first kappa shape index (κ1) is 13.9. The van der Waals surface area contributed by atoms with E-state index >= 15 is 0 Å². The van der Waals surface area contributed by atoms with Crippen LogP contribution in [0, 0.1) is 11.8 Å². The van der Waals surface area contributed by atoms with Crippen molar-refractivity contribution < 1.29 is 4.74 Å². The molecule has 0 amide bonds. The van der Waals surface area contributed by atoms with Crippen LogP contribution in [-0.2, 0) is 4.74 Å². The Morgan fingerprint density at radius 3 is 2.75 bits per heavy atom. The second kappa shape index (κ2) is 8.04. The zero-order valence-corrected chi connectivity index (χ0v) is 10.9. The van der Waals surface area contributed by atoms with Crippen LogP contribution >= 0.6 is 0 Å². The molecule has 1 aliphatic rings. The van der Waals surface area contributed by atoms with Crippen molar-refractivity contribution in [2.75, 3.05) is 13.2 Å². The highest BCUT2D eigenvalue weighted by atomic mass is 16.5. The Kier molecular flexibility index (Phi) is 7.01. The highest BCUT2D eigenvalue weighted by Crippen LogP contribution is 2.25. The third kappa shape index (κ3) is 4.40. The van der Waals surface area contributed by atoms with Crippen LogP contribution in [0.5, 0.6) is 0 Å². The molecule has 0 saturated carbocycles. The van der Waals surface area contributed by atoms with E-state index in [1.807, 2.05) is 0 Å². The second-order valence-electron chi connectivity index (χ2n) is 5.05. The molecule has 3 N–H and O–H groups in total. The van der Waals surface area contributed by atoms with Gasteiger partial charge in [0, 0.05) is 18.6 Å². The average Bonchev–Trinajstić information content (AvgIpc) is 2.83. The smallest absolute Gasteiger partial charge is 0.0510 e. The SMILES string of the molecule is CCCCC(CC)CC(NN)C1CCOC1. The number of rotatable bonds is 8. The minimum atomic E-state index is 0.448. The number of hydrogen-bond donors (Lipinski definition) is 2. The maximum atomic E-state index is 5.68. The van der Waals surface area contributed by atoms with Gasteiger partial charge in [-0.2, -0.15) is 0 Å². The predicted molar refractivity (Wildman–Crippen MR) is 68.0 cm³/mol. The summed E-state index contributed by atoms with van der Waals surface area (Å²) in [6, 6.07) is 0.448. The molecule has 0 radical (unpaired) electrons. The number of hydrazine groups is 1. The molecule has 0 aromatic heterocycles. The van der Waals surface area contributed by atoms with Crippen LogP contribution in [0.2, 0.25) is 0 Å². The summed E-state index contributed by atoms with van der Waals surface area (Å²) >= 11 is 0. The number of unbranched alkanes of at least 4 members (excludes halogenated alkanes) is 1. The van der Waals surface area contributed by atoms with Crippen molar-refractivity contribution in [2.24, 2.45) is 17.7 Å². The zero-order chi connectivity index (χ0) is 11.8. The standard InChI is InChI=1S/C13H28N2O/c1-3-5-6-11(4-2)9-13(15-14)12-7-8-16-10-12/h11-13,15H,3-10,14H2,1-2H3. The molecule has 0 aromatic carbocycles. The van der Waals surface area contributed by atoms with E-state index in [0.717, 1.165) is 19.1 Å². The fraction of sp³-hybridized carbons (Fsp3) is 1.00. The highest BCUT2D eigenvalue weighted by Gasteiger charge is 2.26. The molecule has 3 unspecified atom stereocenters. The van der Waals surface area contributed by atoms with E-state index in [2.05, 4.69) is 19.3 Å². The molecule has 1 fully saturated rings. The second-order valence-corrected chi connectivity index (χ2v) is 5.05. The third-order valence-electron chi connectivity index (χ3n) is 3.88. The van der Waals surface area contributed by atoms with Crippen molar-refractivity contribution >= 4 is 0 Å². The molecule has 0 bridgehead atoms. The van der Waals surface area contributed by atoms with Crippen molar-refractivity contribution in [3.05, 3.63) is 0 Å². The quantitative estimate of drug-likeness (QED) is 0.495. The van der Waals surface area contributed by atoms with Crippen LogP contribution in [0.15, 0.2) is 0 Å².